The van der Waals surface area contributed by atoms with Crippen LogP contribution in [0.3, 0.4) is 0 Å². The van der Waals surface area contributed by atoms with Crippen molar-refractivity contribution in [3.05, 3.63) is 53.4 Å². The van der Waals surface area contributed by atoms with Gasteiger partial charge < -0.3 is 14.5 Å². The molecule has 0 bridgehead atoms. The van der Waals surface area contributed by atoms with Crippen LogP contribution in [-0.4, -0.2) is 23.2 Å². The van der Waals surface area contributed by atoms with Crippen molar-refractivity contribution >= 4 is 23.2 Å². The van der Waals surface area contributed by atoms with E-state index >= 15 is 0 Å². The van der Waals surface area contributed by atoms with Gasteiger partial charge in [0.05, 0.1) is 17.6 Å². The third-order valence-corrected chi connectivity index (χ3v) is 4.88. The highest BCUT2D eigenvalue weighted by Gasteiger charge is 2.20. The highest BCUT2D eigenvalue weighted by molar-refractivity contribution is 5.80. The summed E-state index contributed by atoms with van der Waals surface area (Å²) in [6.07, 6.45) is 6.44. The Morgan fingerprint density at radius 1 is 1.14 bits per heavy atom. The van der Waals surface area contributed by atoms with Crippen molar-refractivity contribution in [3.63, 3.8) is 0 Å². The molecule has 0 amide bonds. The van der Waals surface area contributed by atoms with E-state index in [1.807, 2.05) is 0 Å². The van der Waals surface area contributed by atoms with Crippen molar-refractivity contribution < 1.29 is 27.0 Å². The number of imidazole rings is 1. The van der Waals surface area contributed by atoms with E-state index in [0.717, 1.165) is 31.4 Å². The number of hydrogen-bond acceptors (Lipinski definition) is 3. The highest BCUT2D eigenvalue weighted by atomic mass is 19.3. The Kier molecular flexibility index (Phi) is 5.42. The summed E-state index contributed by atoms with van der Waals surface area (Å²) < 4.78 is 62.7. The second kappa shape index (κ2) is 8.14. The molecule has 1 aromatic heterocycles. The quantitative estimate of drug-likeness (QED) is 0.505. The number of nitrogens with one attached hydrogen (secondary N) is 1. The Bertz CT molecular complexity index is 1010. The van der Waals surface area contributed by atoms with Crippen molar-refractivity contribution in [1.29, 1.82) is 0 Å². The molecule has 1 saturated carbocycles. The van der Waals surface area contributed by atoms with Crippen molar-refractivity contribution in [2.24, 2.45) is 5.92 Å². The molecule has 1 fully saturated rings. The number of fused-ring (bicyclic) bond motifs is 1. The maximum absolute atomic E-state index is 13.4. The number of aromatic nitrogens is 2. The molecule has 0 radical (unpaired) electrons. The smallest absolute Gasteiger partial charge is 0.387 e. The molecule has 29 heavy (non-hydrogen) atoms. The number of ether oxygens (including phenoxy) is 2. The summed E-state index contributed by atoms with van der Waals surface area (Å²) in [5.41, 5.74) is 1.15. The first kappa shape index (κ1) is 19.3. The molecular weight excluding hydrogens is 388 g/mol. The van der Waals surface area contributed by atoms with Crippen LogP contribution < -0.4 is 9.47 Å². The molecule has 0 spiro atoms. The summed E-state index contributed by atoms with van der Waals surface area (Å²) in [6.45, 7) is -2.55. The van der Waals surface area contributed by atoms with Crippen LogP contribution in [0.15, 0.2) is 30.3 Å². The van der Waals surface area contributed by atoms with Crippen molar-refractivity contribution in [1.82, 2.24) is 9.97 Å². The standard InChI is InChI=1S/C21H18F4N2O2/c22-14-9-16-17(10-15(14)23)27-19(26-16)8-7-13-5-2-6-18(29-21(24)25)20(13)28-11-12-3-1-4-12/h2,5-10,12,21H,1,3-4,11H2,(H,26,27)/b8-7+. The van der Waals surface area contributed by atoms with Crippen LogP contribution in [0.2, 0.25) is 0 Å². The first-order valence-electron chi connectivity index (χ1n) is 9.23. The number of hydrogen-bond donors (Lipinski definition) is 1. The predicted octanol–water partition coefficient (Wildman–Crippen LogP) is 5.79. The van der Waals surface area contributed by atoms with E-state index in [1.165, 1.54) is 6.07 Å². The number of rotatable bonds is 7. The molecule has 0 unspecified atom stereocenters. The summed E-state index contributed by atoms with van der Waals surface area (Å²) in [6, 6.07) is 6.73. The van der Waals surface area contributed by atoms with Crippen molar-refractivity contribution in [2.75, 3.05) is 6.61 Å². The Morgan fingerprint density at radius 2 is 1.93 bits per heavy atom. The van der Waals surface area contributed by atoms with E-state index in [1.54, 1.807) is 24.3 Å². The van der Waals surface area contributed by atoms with Gasteiger partial charge in [0.1, 0.15) is 5.82 Å². The maximum Gasteiger partial charge on any atom is 0.387 e. The van der Waals surface area contributed by atoms with E-state index in [4.69, 9.17) is 4.74 Å². The molecule has 4 rings (SSSR count). The first-order valence-corrected chi connectivity index (χ1v) is 9.23. The van der Waals surface area contributed by atoms with Crippen LogP contribution in [0.5, 0.6) is 11.5 Å². The SMILES string of the molecule is Fc1cc2nc(/C=C/c3cccc(OC(F)F)c3OCC3CCC3)[nH]c2cc1F. The Morgan fingerprint density at radius 3 is 2.66 bits per heavy atom. The van der Waals surface area contributed by atoms with Gasteiger partial charge in [0.25, 0.3) is 0 Å². The second-order valence-electron chi connectivity index (χ2n) is 6.90. The molecule has 4 nitrogen and oxygen atoms in total. The molecule has 8 heteroatoms. The fourth-order valence-corrected chi connectivity index (χ4v) is 3.14. The van der Waals surface area contributed by atoms with Gasteiger partial charge in [-0.25, -0.2) is 13.8 Å². The Balaban J connectivity index is 1.62. The van der Waals surface area contributed by atoms with Gasteiger partial charge in [-0.15, -0.1) is 0 Å². The van der Waals surface area contributed by atoms with Crippen LogP contribution in [0.25, 0.3) is 23.2 Å². The van der Waals surface area contributed by atoms with Gasteiger partial charge in [-0.3, -0.25) is 0 Å². The third-order valence-electron chi connectivity index (χ3n) is 4.88. The fourth-order valence-electron chi connectivity index (χ4n) is 3.14. The minimum Gasteiger partial charge on any atom is -0.489 e. The zero-order chi connectivity index (χ0) is 20.4. The topological polar surface area (TPSA) is 47.1 Å². The van der Waals surface area contributed by atoms with Crippen LogP contribution in [-0.2, 0) is 0 Å². The van der Waals surface area contributed by atoms with Gasteiger partial charge in [0.15, 0.2) is 23.1 Å². The minimum absolute atomic E-state index is 0.0461. The highest BCUT2D eigenvalue weighted by Crippen LogP contribution is 2.36. The molecule has 1 aliphatic carbocycles. The number of nitrogens with zero attached hydrogens (tertiary/aromatic N) is 1. The largest absolute Gasteiger partial charge is 0.489 e. The summed E-state index contributed by atoms with van der Waals surface area (Å²) >= 11 is 0. The van der Waals surface area contributed by atoms with Crippen LogP contribution >= 0.6 is 0 Å². The lowest BCUT2D eigenvalue weighted by molar-refractivity contribution is -0.0517. The number of alkyl halides is 2. The van der Waals surface area contributed by atoms with Gasteiger partial charge in [-0.05, 0) is 37.0 Å². The van der Waals surface area contributed by atoms with E-state index in [9.17, 15) is 17.6 Å². The molecule has 1 heterocycles. The molecule has 3 aromatic rings. The normalized spacial score (nSPS) is 14.7. The fraction of sp³-hybridized carbons (Fsp3) is 0.286. The molecule has 0 aliphatic heterocycles. The van der Waals surface area contributed by atoms with E-state index in [0.29, 0.717) is 29.4 Å². The molecule has 1 aliphatic rings. The predicted molar refractivity (Wildman–Crippen MR) is 101 cm³/mol. The zero-order valence-electron chi connectivity index (χ0n) is 15.3. The maximum atomic E-state index is 13.4. The first-order chi connectivity index (χ1) is 14.0. The van der Waals surface area contributed by atoms with E-state index in [2.05, 4.69) is 14.7 Å². The van der Waals surface area contributed by atoms with E-state index < -0.39 is 18.2 Å². The lowest BCUT2D eigenvalue weighted by atomic mass is 9.86. The minimum atomic E-state index is -2.97. The molecular formula is C21H18F4N2O2. The van der Waals surface area contributed by atoms with Crippen LogP contribution in [0.1, 0.15) is 30.7 Å². The van der Waals surface area contributed by atoms with Crippen molar-refractivity contribution in [3.8, 4) is 11.5 Å². The zero-order valence-corrected chi connectivity index (χ0v) is 15.3. The molecule has 0 saturated heterocycles. The number of halogens is 4. The van der Waals surface area contributed by atoms with Gasteiger partial charge >= 0.3 is 6.61 Å². The van der Waals surface area contributed by atoms with Crippen LogP contribution in [0.4, 0.5) is 17.6 Å². The number of benzene rings is 2. The summed E-state index contributed by atoms with van der Waals surface area (Å²) in [5.74, 6) is -1.01. The number of para-hydroxylation sites is 1. The van der Waals surface area contributed by atoms with Gasteiger partial charge in [-0.2, -0.15) is 8.78 Å². The summed E-state index contributed by atoms with van der Waals surface area (Å²) in [5, 5.41) is 0. The summed E-state index contributed by atoms with van der Waals surface area (Å²) in [7, 11) is 0. The number of H-pyrrole nitrogens is 1. The van der Waals surface area contributed by atoms with Gasteiger partial charge in [0, 0.05) is 17.7 Å². The lowest BCUT2D eigenvalue weighted by Crippen LogP contribution is -2.20. The van der Waals surface area contributed by atoms with E-state index in [-0.39, 0.29) is 17.0 Å². The lowest BCUT2D eigenvalue weighted by Gasteiger charge is -2.26. The van der Waals surface area contributed by atoms with Gasteiger partial charge in [-0.1, -0.05) is 18.6 Å². The molecule has 1 N–H and O–H groups in total. The monoisotopic (exact) mass is 406 g/mol. The summed E-state index contributed by atoms with van der Waals surface area (Å²) in [4.78, 5) is 7.06. The van der Waals surface area contributed by atoms with Crippen LogP contribution in [0, 0.1) is 17.6 Å². The Labute approximate surface area is 164 Å². The molecule has 0 atom stereocenters. The third kappa shape index (κ3) is 4.36. The average Bonchev–Trinajstić information content (AvgIpc) is 3.01. The average molecular weight is 406 g/mol. The van der Waals surface area contributed by atoms with Crippen molar-refractivity contribution in [2.45, 2.75) is 25.9 Å². The number of aromatic amines is 1. The molecule has 152 valence electrons. The molecule has 2 aromatic carbocycles. The Hall–Kier alpha value is -3.03. The van der Waals surface area contributed by atoms with Gasteiger partial charge in [0.2, 0.25) is 0 Å². The second-order valence-corrected chi connectivity index (χ2v) is 6.90.